The molecule has 4 heteroatoms. The van der Waals surface area contributed by atoms with Crippen LogP contribution < -0.4 is 4.74 Å². The van der Waals surface area contributed by atoms with Crippen molar-refractivity contribution < 1.29 is 18.9 Å². The van der Waals surface area contributed by atoms with Gasteiger partial charge in [-0.15, -0.1) is 0 Å². The highest BCUT2D eigenvalue weighted by molar-refractivity contribution is 5.83. The van der Waals surface area contributed by atoms with E-state index in [0.29, 0.717) is 39.1 Å². The van der Waals surface area contributed by atoms with E-state index in [4.69, 9.17) is 18.9 Å². The van der Waals surface area contributed by atoms with Gasteiger partial charge in [0, 0.05) is 0 Å². The van der Waals surface area contributed by atoms with Crippen LogP contribution in [0.2, 0.25) is 0 Å². The van der Waals surface area contributed by atoms with Gasteiger partial charge >= 0.3 is 0 Å². The molecule has 1 unspecified atom stereocenters. The summed E-state index contributed by atoms with van der Waals surface area (Å²) in [7, 11) is 0. The second-order valence-electron chi connectivity index (χ2n) is 5.00. The summed E-state index contributed by atoms with van der Waals surface area (Å²) in [5.74, 6) is 0.874. The smallest absolute Gasteiger partial charge is 0.120 e. The highest BCUT2D eigenvalue weighted by Crippen LogP contribution is 2.20. The van der Waals surface area contributed by atoms with Gasteiger partial charge in [-0.1, -0.05) is 30.3 Å². The van der Waals surface area contributed by atoms with Gasteiger partial charge in [-0.3, -0.25) is 0 Å². The third-order valence-electron chi connectivity index (χ3n) is 3.30. The molecule has 1 fully saturated rings. The zero-order valence-electron chi connectivity index (χ0n) is 12.0. The van der Waals surface area contributed by atoms with Crippen LogP contribution in [0.25, 0.3) is 10.8 Å². The zero-order valence-corrected chi connectivity index (χ0v) is 12.0. The fraction of sp³-hybridized carbons (Fsp3) is 0.412. The molecule has 1 aliphatic heterocycles. The summed E-state index contributed by atoms with van der Waals surface area (Å²) in [5, 5.41) is 2.41. The maximum Gasteiger partial charge on any atom is 0.120 e. The Morgan fingerprint density at radius 1 is 0.905 bits per heavy atom. The van der Waals surface area contributed by atoms with Crippen LogP contribution in [0.1, 0.15) is 0 Å². The minimum atomic E-state index is 0.321. The molecule has 112 valence electrons. The van der Waals surface area contributed by atoms with Gasteiger partial charge in [0.15, 0.2) is 0 Å². The topological polar surface area (TPSA) is 40.2 Å². The summed E-state index contributed by atoms with van der Waals surface area (Å²) in [4.78, 5) is 0. The number of hydrogen-bond donors (Lipinski definition) is 0. The summed E-state index contributed by atoms with van der Waals surface area (Å²) >= 11 is 0. The number of benzene rings is 2. The molecule has 0 saturated carbocycles. The van der Waals surface area contributed by atoms with Gasteiger partial charge in [0.2, 0.25) is 0 Å². The first-order chi connectivity index (χ1) is 10.4. The van der Waals surface area contributed by atoms with Gasteiger partial charge < -0.3 is 18.9 Å². The Morgan fingerprint density at radius 2 is 1.67 bits per heavy atom. The minimum absolute atomic E-state index is 0.321. The van der Waals surface area contributed by atoms with Crippen molar-refractivity contribution in [3.63, 3.8) is 0 Å². The molecule has 3 rings (SSSR count). The van der Waals surface area contributed by atoms with Crippen molar-refractivity contribution >= 4 is 10.8 Å². The average Bonchev–Trinajstić information content (AvgIpc) is 3.34. The second kappa shape index (κ2) is 7.41. The highest BCUT2D eigenvalue weighted by atomic mass is 16.6. The van der Waals surface area contributed by atoms with Crippen LogP contribution in [0.5, 0.6) is 5.75 Å². The summed E-state index contributed by atoms with van der Waals surface area (Å²) in [6.45, 7) is 3.82. The fourth-order valence-electron chi connectivity index (χ4n) is 2.07. The average molecular weight is 288 g/mol. The molecule has 0 radical (unpaired) electrons. The largest absolute Gasteiger partial charge is 0.491 e. The predicted molar refractivity (Wildman–Crippen MR) is 80.8 cm³/mol. The van der Waals surface area contributed by atoms with E-state index < -0.39 is 0 Å². The predicted octanol–water partition coefficient (Wildman–Crippen LogP) is 2.65. The fourth-order valence-corrected chi connectivity index (χ4v) is 2.07. The van der Waals surface area contributed by atoms with E-state index in [0.717, 1.165) is 12.4 Å². The molecule has 0 amide bonds. The molecule has 0 aromatic heterocycles. The van der Waals surface area contributed by atoms with Crippen molar-refractivity contribution in [1.29, 1.82) is 0 Å². The quantitative estimate of drug-likeness (QED) is 0.525. The molecule has 1 saturated heterocycles. The highest BCUT2D eigenvalue weighted by Gasteiger charge is 2.21. The summed E-state index contributed by atoms with van der Waals surface area (Å²) in [6.07, 6.45) is 0.321. The van der Waals surface area contributed by atoms with Crippen molar-refractivity contribution in [3.05, 3.63) is 42.5 Å². The SMILES string of the molecule is c1ccc2cc(OCCOCCOCC3CO3)ccc2c1. The van der Waals surface area contributed by atoms with Crippen LogP contribution in [-0.4, -0.2) is 45.7 Å². The lowest BCUT2D eigenvalue weighted by atomic mass is 10.1. The van der Waals surface area contributed by atoms with Crippen LogP contribution in [0.4, 0.5) is 0 Å². The Morgan fingerprint density at radius 3 is 2.52 bits per heavy atom. The maximum atomic E-state index is 5.68. The summed E-state index contributed by atoms with van der Waals surface area (Å²) < 4.78 is 21.6. The molecule has 4 nitrogen and oxygen atoms in total. The molecule has 0 spiro atoms. The van der Waals surface area contributed by atoms with Crippen molar-refractivity contribution in [2.75, 3.05) is 39.6 Å². The Hall–Kier alpha value is -1.62. The number of rotatable bonds is 9. The third kappa shape index (κ3) is 4.70. The first-order valence-electron chi connectivity index (χ1n) is 7.30. The van der Waals surface area contributed by atoms with Crippen LogP contribution in [0.3, 0.4) is 0 Å². The molecule has 2 aromatic rings. The monoisotopic (exact) mass is 288 g/mol. The normalized spacial score (nSPS) is 17.0. The number of hydrogen-bond acceptors (Lipinski definition) is 4. The summed E-state index contributed by atoms with van der Waals surface area (Å²) in [6, 6.07) is 14.3. The Kier molecular flexibility index (Phi) is 5.05. The number of fused-ring (bicyclic) bond motifs is 1. The molecule has 1 atom stereocenters. The van der Waals surface area contributed by atoms with Crippen molar-refractivity contribution in [3.8, 4) is 5.75 Å². The second-order valence-corrected chi connectivity index (χ2v) is 5.00. The van der Waals surface area contributed by atoms with E-state index in [1.54, 1.807) is 0 Å². The third-order valence-corrected chi connectivity index (χ3v) is 3.30. The van der Waals surface area contributed by atoms with Gasteiger partial charge in [-0.05, 0) is 22.9 Å². The van der Waals surface area contributed by atoms with Crippen molar-refractivity contribution in [2.24, 2.45) is 0 Å². The zero-order chi connectivity index (χ0) is 14.3. The van der Waals surface area contributed by atoms with Crippen molar-refractivity contribution in [1.82, 2.24) is 0 Å². The molecule has 0 N–H and O–H groups in total. The van der Waals surface area contributed by atoms with E-state index in [-0.39, 0.29) is 0 Å². The molecule has 1 heterocycles. The summed E-state index contributed by atoms with van der Waals surface area (Å²) in [5.41, 5.74) is 0. The Balaban J connectivity index is 1.30. The Labute approximate surface area is 124 Å². The first-order valence-corrected chi connectivity index (χ1v) is 7.30. The van der Waals surface area contributed by atoms with Crippen molar-refractivity contribution in [2.45, 2.75) is 6.10 Å². The number of ether oxygens (including phenoxy) is 4. The maximum absolute atomic E-state index is 5.68. The standard InChI is InChI=1S/C17H20O4/c1-2-4-15-11-16(6-5-14(15)3-1)20-10-9-18-7-8-19-12-17-13-21-17/h1-6,11,17H,7-10,12-13H2. The van der Waals surface area contributed by atoms with Gasteiger partial charge in [0.25, 0.3) is 0 Å². The molecule has 1 aliphatic rings. The van der Waals surface area contributed by atoms with Crippen LogP contribution in [0, 0.1) is 0 Å². The lowest BCUT2D eigenvalue weighted by molar-refractivity contribution is 0.0317. The lowest BCUT2D eigenvalue weighted by Gasteiger charge is -2.08. The number of epoxide rings is 1. The van der Waals surface area contributed by atoms with Gasteiger partial charge in [0.1, 0.15) is 18.5 Å². The molecule has 0 bridgehead atoms. The van der Waals surface area contributed by atoms with E-state index in [9.17, 15) is 0 Å². The van der Waals surface area contributed by atoms with E-state index >= 15 is 0 Å². The molecule has 21 heavy (non-hydrogen) atoms. The van der Waals surface area contributed by atoms with E-state index in [1.165, 1.54) is 10.8 Å². The lowest BCUT2D eigenvalue weighted by Crippen LogP contribution is -2.12. The van der Waals surface area contributed by atoms with E-state index in [2.05, 4.69) is 18.2 Å². The van der Waals surface area contributed by atoms with Gasteiger partial charge in [0.05, 0.1) is 33.0 Å². The molecule has 2 aromatic carbocycles. The van der Waals surface area contributed by atoms with Gasteiger partial charge in [-0.2, -0.15) is 0 Å². The van der Waals surface area contributed by atoms with Crippen LogP contribution >= 0.6 is 0 Å². The van der Waals surface area contributed by atoms with Gasteiger partial charge in [-0.25, -0.2) is 0 Å². The molecular formula is C17H20O4. The molecular weight excluding hydrogens is 268 g/mol. The first kappa shape index (κ1) is 14.3. The molecule has 0 aliphatic carbocycles. The van der Waals surface area contributed by atoms with Crippen LogP contribution in [-0.2, 0) is 14.2 Å². The van der Waals surface area contributed by atoms with Crippen LogP contribution in [0.15, 0.2) is 42.5 Å². The Bertz CT molecular complexity index is 565. The van der Waals surface area contributed by atoms with E-state index in [1.807, 2.05) is 24.3 Å². The minimum Gasteiger partial charge on any atom is -0.491 e.